The van der Waals surface area contributed by atoms with E-state index >= 15 is 4.39 Å². The van der Waals surface area contributed by atoms with Crippen molar-refractivity contribution in [2.45, 2.75) is 51.4 Å². The van der Waals surface area contributed by atoms with Crippen molar-refractivity contribution < 1.29 is 9.18 Å². The second-order valence-corrected chi connectivity index (χ2v) is 10.9. The topological polar surface area (TPSA) is 82.8 Å². The van der Waals surface area contributed by atoms with Crippen LogP contribution in [0.1, 0.15) is 50.8 Å². The van der Waals surface area contributed by atoms with Crippen LogP contribution in [0.15, 0.2) is 54.2 Å². The van der Waals surface area contributed by atoms with Gasteiger partial charge in [0.15, 0.2) is 11.6 Å². The Labute approximate surface area is 222 Å². The quantitative estimate of drug-likeness (QED) is 0.444. The number of piperidine rings is 1. The van der Waals surface area contributed by atoms with E-state index in [0.717, 1.165) is 55.0 Å². The number of carbonyl (C=O) groups is 1. The molecule has 3 aromatic rings. The summed E-state index contributed by atoms with van der Waals surface area (Å²) < 4.78 is 15.2. The molecule has 2 aliphatic carbocycles. The molecule has 3 aliphatic rings. The summed E-state index contributed by atoms with van der Waals surface area (Å²) in [5.74, 6) is 0.648. The fraction of sp³-hybridized carbons (Fsp3) is 0.387. The number of fused-ring (bicyclic) bond motifs is 3. The lowest BCUT2D eigenvalue weighted by Gasteiger charge is -2.45. The van der Waals surface area contributed by atoms with Gasteiger partial charge in [-0.3, -0.25) is 4.79 Å². The Morgan fingerprint density at radius 3 is 2.68 bits per heavy atom. The number of pyridine rings is 1. The van der Waals surface area contributed by atoms with Crippen molar-refractivity contribution in [2.75, 3.05) is 18.0 Å². The smallest absolute Gasteiger partial charge is 0.176 e. The second-order valence-electron chi connectivity index (χ2n) is 10.9. The van der Waals surface area contributed by atoms with Gasteiger partial charge in [0.25, 0.3) is 0 Å². The zero-order chi connectivity index (χ0) is 26.4. The number of hydrogen-bond acceptors (Lipinski definition) is 6. The number of Topliss-reactive ketones (excluding diaryl/α,β-unsaturated/α-hetero) is 1. The zero-order valence-corrected chi connectivity index (χ0v) is 21.7. The number of halogens is 1. The predicted molar refractivity (Wildman–Crippen MR) is 144 cm³/mol. The van der Waals surface area contributed by atoms with Crippen molar-refractivity contribution in [1.29, 1.82) is 5.26 Å². The predicted octanol–water partition coefficient (Wildman–Crippen LogP) is 5.82. The first-order valence-electron chi connectivity index (χ1n) is 13.5. The summed E-state index contributed by atoms with van der Waals surface area (Å²) in [4.78, 5) is 29.9. The number of ketones is 1. The molecule has 0 radical (unpaired) electrons. The Hall–Kier alpha value is -3.92. The van der Waals surface area contributed by atoms with Crippen molar-refractivity contribution in [2.24, 2.45) is 11.8 Å². The van der Waals surface area contributed by atoms with Gasteiger partial charge in [-0.25, -0.2) is 19.3 Å². The Morgan fingerprint density at radius 1 is 1.13 bits per heavy atom. The number of benzene rings is 1. The highest BCUT2D eigenvalue weighted by molar-refractivity contribution is 6.02. The van der Waals surface area contributed by atoms with Crippen LogP contribution in [-0.2, 0) is 16.6 Å². The molecule has 1 saturated heterocycles. The molecule has 0 unspecified atom stereocenters. The molecule has 38 heavy (non-hydrogen) atoms. The summed E-state index contributed by atoms with van der Waals surface area (Å²) in [7, 11) is 0. The fourth-order valence-corrected chi connectivity index (χ4v) is 6.63. The summed E-state index contributed by atoms with van der Waals surface area (Å²) in [5.41, 5.74) is 3.02. The van der Waals surface area contributed by atoms with E-state index in [2.05, 4.69) is 22.9 Å². The fourth-order valence-electron chi connectivity index (χ4n) is 6.63. The van der Waals surface area contributed by atoms with E-state index < -0.39 is 5.41 Å². The summed E-state index contributed by atoms with van der Waals surface area (Å²) in [6.07, 6.45) is 8.48. The van der Waals surface area contributed by atoms with Gasteiger partial charge in [-0.2, -0.15) is 5.26 Å². The van der Waals surface area contributed by atoms with Crippen LogP contribution in [0.2, 0.25) is 0 Å². The van der Waals surface area contributed by atoms with E-state index in [1.54, 1.807) is 24.4 Å². The van der Waals surface area contributed by atoms with Gasteiger partial charge >= 0.3 is 0 Å². The minimum atomic E-state index is -0.646. The summed E-state index contributed by atoms with van der Waals surface area (Å²) in [6.45, 7) is 5.91. The molecule has 0 bridgehead atoms. The first-order chi connectivity index (χ1) is 18.4. The van der Waals surface area contributed by atoms with Gasteiger partial charge in [0.2, 0.25) is 0 Å². The lowest BCUT2D eigenvalue weighted by molar-refractivity contribution is -0.121. The van der Waals surface area contributed by atoms with Gasteiger partial charge in [-0.05, 0) is 62.3 Å². The van der Waals surface area contributed by atoms with Crippen LogP contribution in [-0.4, -0.2) is 33.8 Å². The molecule has 0 spiro atoms. The van der Waals surface area contributed by atoms with E-state index in [0.29, 0.717) is 23.5 Å². The number of allylic oxidation sites excluding steroid dienone is 2. The maximum absolute atomic E-state index is 15.2. The van der Waals surface area contributed by atoms with Crippen molar-refractivity contribution in [3.05, 3.63) is 71.3 Å². The lowest BCUT2D eigenvalue weighted by atomic mass is 9.57. The van der Waals surface area contributed by atoms with E-state index in [1.165, 1.54) is 12.5 Å². The van der Waals surface area contributed by atoms with Gasteiger partial charge in [-0.1, -0.05) is 32.1 Å². The molecule has 1 aromatic carbocycles. The number of nitriles is 1. The lowest BCUT2D eigenvalue weighted by Crippen LogP contribution is -2.46. The molecule has 0 saturated carbocycles. The Morgan fingerprint density at radius 2 is 1.92 bits per heavy atom. The number of anilines is 1. The van der Waals surface area contributed by atoms with Gasteiger partial charge < -0.3 is 4.90 Å². The van der Waals surface area contributed by atoms with Crippen molar-refractivity contribution in [3.8, 4) is 28.7 Å². The molecular weight excluding hydrogens is 477 g/mol. The minimum absolute atomic E-state index is 0.00262. The van der Waals surface area contributed by atoms with E-state index in [9.17, 15) is 10.1 Å². The third-order valence-corrected chi connectivity index (χ3v) is 8.65. The number of nitrogens with zero attached hydrogens (tertiary/aromatic N) is 5. The van der Waals surface area contributed by atoms with Gasteiger partial charge in [0.1, 0.15) is 17.7 Å². The van der Waals surface area contributed by atoms with Crippen LogP contribution >= 0.6 is 0 Å². The van der Waals surface area contributed by atoms with E-state index in [-0.39, 0.29) is 29.0 Å². The first-order valence-corrected chi connectivity index (χ1v) is 13.5. The molecule has 6 rings (SSSR count). The first kappa shape index (κ1) is 24.4. The molecule has 192 valence electrons. The highest BCUT2D eigenvalue weighted by Gasteiger charge is 2.49. The Balaban J connectivity index is 1.58. The summed E-state index contributed by atoms with van der Waals surface area (Å²) in [5, 5.41) is 9.75. The van der Waals surface area contributed by atoms with Gasteiger partial charge in [-0.15, -0.1) is 0 Å². The van der Waals surface area contributed by atoms with E-state index in [4.69, 9.17) is 9.97 Å². The van der Waals surface area contributed by atoms with Gasteiger partial charge in [0, 0.05) is 47.3 Å². The van der Waals surface area contributed by atoms with E-state index in [1.807, 2.05) is 25.1 Å². The molecule has 6 nitrogen and oxygen atoms in total. The number of carbonyl (C=O) groups excluding carboxylic acids is 1. The van der Waals surface area contributed by atoms with Crippen LogP contribution in [0.25, 0.3) is 22.6 Å². The van der Waals surface area contributed by atoms with Crippen LogP contribution in [0.5, 0.6) is 0 Å². The SMILES string of the molecule is C[C@H]1C(=O)C(C#N)=C[C@@]2(C)c3nc(-c4ccnc(N5CCCCC5)c4)nc(-c4ccccc4F)c3CC[C@H]12. The molecular formula is C31H30FN5O. The number of rotatable bonds is 3. The van der Waals surface area contributed by atoms with Crippen molar-refractivity contribution in [1.82, 2.24) is 15.0 Å². The summed E-state index contributed by atoms with van der Waals surface area (Å²) in [6, 6.07) is 12.7. The maximum atomic E-state index is 15.2. The van der Waals surface area contributed by atoms with Crippen molar-refractivity contribution in [3.63, 3.8) is 0 Å². The molecule has 1 aliphatic heterocycles. The highest BCUT2D eigenvalue weighted by Crippen LogP contribution is 2.51. The minimum Gasteiger partial charge on any atom is -0.357 e. The van der Waals surface area contributed by atoms with Crippen molar-refractivity contribution >= 4 is 11.6 Å². The summed E-state index contributed by atoms with van der Waals surface area (Å²) >= 11 is 0. The molecule has 3 heterocycles. The average Bonchev–Trinajstić information content (AvgIpc) is 2.95. The second kappa shape index (κ2) is 9.43. The zero-order valence-electron chi connectivity index (χ0n) is 21.7. The van der Waals surface area contributed by atoms with Crippen LogP contribution in [0.4, 0.5) is 10.2 Å². The monoisotopic (exact) mass is 507 g/mol. The van der Waals surface area contributed by atoms with Gasteiger partial charge in [0.05, 0.1) is 17.0 Å². The normalized spacial score (nSPS) is 24.7. The van der Waals surface area contributed by atoms with Crippen LogP contribution in [0.3, 0.4) is 0 Å². The molecule has 2 aromatic heterocycles. The third kappa shape index (κ3) is 3.91. The van der Waals surface area contributed by atoms with Crippen LogP contribution in [0, 0.1) is 29.0 Å². The standard InChI is InChI=1S/C31H30FN5O/c1-19-24-11-10-23-27(22-8-4-5-9-25(22)32)35-30(36-29(23)31(24,2)17-21(18-33)28(19)38)20-12-13-34-26(16-20)37-14-6-3-7-15-37/h4-5,8-9,12-13,16-17,19,24H,3,6-7,10-11,14-15H2,1-2H3/t19-,24-,31-/m1/s1. The molecule has 1 fully saturated rings. The maximum Gasteiger partial charge on any atom is 0.176 e. The average molecular weight is 508 g/mol. The Kier molecular flexibility index (Phi) is 6.06. The Bertz CT molecular complexity index is 1500. The highest BCUT2D eigenvalue weighted by atomic mass is 19.1. The largest absolute Gasteiger partial charge is 0.357 e. The van der Waals surface area contributed by atoms with Crippen LogP contribution < -0.4 is 4.90 Å². The molecule has 0 amide bonds. The molecule has 0 N–H and O–H groups in total. The molecule has 3 atom stereocenters. The third-order valence-electron chi connectivity index (χ3n) is 8.65. The molecule has 7 heteroatoms. The number of hydrogen-bond donors (Lipinski definition) is 0. The number of aromatic nitrogens is 3.